The molecule has 3 rings (SSSR count). The Hall–Kier alpha value is -2.12. The summed E-state index contributed by atoms with van der Waals surface area (Å²) in [6, 6.07) is 7.99. The topological polar surface area (TPSA) is 68.2 Å². The molecule has 0 aromatic heterocycles. The number of halogens is 1. The van der Waals surface area contributed by atoms with Gasteiger partial charge in [0.15, 0.2) is 5.96 Å². The second kappa shape index (κ2) is 9.89. The summed E-state index contributed by atoms with van der Waals surface area (Å²) in [6.45, 7) is 5.50. The average molecular weight is 406 g/mol. The minimum atomic E-state index is -0.0659. The molecule has 152 valence electrons. The Labute approximate surface area is 171 Å². The van der Waals surface area contributed by atoms with Gasteiger partial charge >= 0.3 is 0 Å². The van der Waals surface area contributed by atoms with Gasteiger partial charge in [0.2, 0.25) is 11.8 Å². The fraction of sp³-hybridized carbons (Fsp3) is 0.550. The molecule has 2 amide bonds. The molecule has 2 aliphatic rings. The second-order valence-electron chi connectivity index (χ2n) is 7.16. The number of benzene rings is 1. The van der Waals surface area contributed by atoms with Gasteiger partial charge in [0, 0.05) is 70.7 Å². The van der Waals surface area contributed by atoms with Crippen molar-refractivity contribution in [1.29, 1.82) is 0 Å². The number of piperidine rings is 1. The molecule has 2 aliphatic heterocycles. The minimum Gasteiger partial charge on any atom is -0.354 e. The van der Waals surface area contributed by atoms with Crippen LogP contribution in [0.4, 0.5) is 0 Å². The lowest BCUT2D eigenvalue weighted by Gasteiger charge is -2.36. The van der Waals surface area contributed by atoms with Crippen LogP contribution in [0.15, 0.2) is 29.3 Å². The lowest BCUT2D eigenvalue weighted by atomic mass is 10.1. The Kier molecular flexibility index (Phi) is 7.28. The Morgan fingerprint density at radius 2 is 1.71 bits per heavy atom. The molecule has 0 saturated carbocycles. The molecule has 1 aromatic carbocycles. The van der Waals surface area contributed by atoms with Crippen LogP contribution in [0.5, 0.6) is 0 Å². The highest BCUT2D eigenvalue weighted by Gasteiger charge is 2.25. The number of nitrogens with one attached hydrogen (secondary N) is 1. The third-order valence-corrected chi connectivity index (χ3v) is 5.46. The molecular formula is C20H28ClN5O2. The van der Waals surface area contributed by atoms with E-state index in [2.05, 4.69) is 32.2 Å². The molecule has 0 unspecified atom stereocenters. The van der Waals surface area contributed by atoms with Crippen LogP contribution in [0.25, 0.3) is 0 Å². The molecule has 2 saturated heterocycles. The summed E-state index contributed by atoms with van der Waals surface area (Å²) in [5.41, 5.74) is 1.26. The minimum absolute atomic E-state index is 0.0659. The fourth-order valence-electron chi connectivity index (χ4n) is 3.63. The van der Waals surface area contributed by atoms with Gasteiger partial charge in [-0.3, -0.25) is 24.4 Å². The number of hydrogen-bond acceptors (Lipinski definition) is 4. The first-order valence-corrected chi connectivity index (χ1v) is 10.2. The molecule has 0 bridgehead atoms. The van der Waals surface area contributed by atoms with Crippen LogP contribution in [0.2, 0.25) is 5.02 Å². The lowest BCUT2D eigenvalue weighted by molar-refractivity contribution is -0.147. The second-order valence-corrected chi connectivity index (χ2v) is 7.59. The highest BCUT2D eigenvalue weighted by Crippen LogP contribution is 2.13. The van der Waals surface area contributed by atoms with Gasteiger partial charge in [-0.1, -0.05) is 23.7 Å². The summed E-state index contributed by atoms with van der Waals surface area (Å²) in [6.07, 6.45) is 1.61. The summed E-state index contributed by atoms with van der Waals surface area (Å²) < 4.78 is 0. The lowest BCUT2D eigenvalue weighted by Crippen LogP contribution is -2.53. The van der Waals surface area contributed by atoms with Crippen molar-refractivity contribution in [3.05, 3.63) is 34.9 Å². The molecule has 2 fully saturated rings. The maximum Gasteiger partial charge on any atom is 0.229 e. The number of guanidine groups is 1. The van der Waals surface area contributed by atoms with Crippen LogP contribution >= 0.6 is 11.6 Å². The van der Waals surface area contributed by atoms with Crippen molar-refractivity contribution in [3.63, 3.8) is 0 Å². The van der Waals surface area contributed by atoms with E-state index >= 15 is 0 Å². The molecule has 0 atom stereocenters. The van der Waals surface area contributed by atoms with Crippen LogP contribution in [0.1, 0.15) is 24.8 Å². The third kappa shape index (κ3) is 5.45. The zero-order chi connectivity index (χ0) is 19.9. The maximum atomic E-state index is 11.9. The molecule has 0 radical (unpaired) electrons. The number of amides is 2. The molecular weight excluding hydrogens is 378 g/mol. The van der Waals surface area contributed by atoms with Crippen molar-refractivity contribution in [2.24, 2.45) is 4.99 Å². The normalized spacial score (nSPS) is 19.3. The smallest absolute Gasteiger partial charge is 0.229 e. The van der Waals surface area contributed by atoms with Gasteiger partial charge < -0.3 is 10.2 Å². The first-order chi connectivity index (χ1) is 13.6. The quantitative estimate of drug-likeness (QED) is 0.457. The Balaban J connectivity index is 1.42. The number of rotatable bonds is 5. The highest BCUT2D eigenvalue weighted by atomic mass is 35.5. The standard InChI is InChI=1S/C20H28ClN5O2/c1-22-20(23-9-10-26-18(27)3-2-4-19(26)28)25-13-11-24(12-14-25)15-16-5-7-17(21)8-6-16/h5-8H,2-4,9-15H2,1H3,(H,22,23). The van der Waals surface area contributed by atoms with E-state index in [9.17, 15) is 9.59 Å². The molecule has 1 N–H and O–H groups in total. The van der Waals surface area contributed by atoms with Gasteiger partial charge in [-0.15, -0.1) is 0 Å². The molecule has 0 aliphatic carbocycles. The molecule has 7 nitrogen and oxygen atoms in total. The van der Waals surface area contributed by atoms with E-state index in [1.54, 1.807) is 7.05 Å². The number of imide groups is 1. The molecule has 8 heteroatoms. The van der Waals surface area contributed by atoms with Crippen molar-refractivity contribution < 1.29 is 9.59 Å². The van der Waals surface area contributed by atoms with Crippen molar-refractivity contribution in [1.82, 2.24) is 20.0 Å². The summed E-state index contributed by atoms with van der Waals surface area (Å²) >= 11 is 5.95. The van der Waals surface area contributed by atoms with Crippen LogP contribution < -0.4 is 5.32 Å². The third-order valence-electron chi connectivity index (χ3n) is 5.20. The van der Waals surface area contributed by atoms with Gasteiger partial charge in [0.1, 0.15) is 0 Å². The van der Waals surface area contributed by atoms with E-state index in [4.69, 9.17) is 11.6 Å². The van der Waals surface area contributed by atoms with Crippen LogP contribution in [-0.2, 0) is 16.1 Å². The monoisotopic (exact) mass is 405 g/mol. The number of hydrogen-bond donors (Lipinski definition) is 1. The predicted octanol–water partition coefficient (Wildman–Crippen LogP) is 1.57. The number of aliphatic imine (C=N–C) groups is 1. The van der Waals surface area contributed by atoms with E-state index in [0.717, 1.165) is 43.7 Å². The van der Waals surface area contributed by atoms with Crippen molar-refractivity contribution >= 4 is 29.4 Å². The van der Waals surface area contributed by atoms with Crippen LogP contribution in [0, 0.1) is 0 Å². The molecule has 28 heavy (non-hydrogen) atoms. The number of nitrogens with zero attached hydrogens (tertiary/aromatic N) is 4. The molecule has 2 heterocycles. The Morgan fingerprint density at radius 1 is 1.07 bits per heavy atom. The summed E-state index contributed by atoms with van der Waals surface area (Å²) in [7, 11) is 1.76. The van der Waals surface area contributed by atoms with E-state index in [0.29, 0.717) is 32.4 Å². The Morgan fingerprint density at radius 3 is 2.32 bits per heavy atom. The predicted molar refractivity (Wildman–Crippen MR) is 110 cm³/mol. The largest absolute Gasteiger partial charge is 0.354 e. The highest BCUT2D eigenvalue weighted by molar-refractivity contribution is 6.30. The van der Waals surface area contributed by atoms with E-state index in [-0.39, 0.29) is 11.8 Å². The van der Waals surface area contributed by atoms with Gasteiger partial charge in [0.25, 0.3) is 0 Å². The average Bonchev–Trinajstić information content (AvgIpc) is 2.70. The van der Waals surface area contributed by atoms with Crippen LogP contribution in [0.3, 0.4) is 0 Å². The van der Waals surface area contributed by atoms with Gasteiger partial charge in [0.05, 0.1) is 0 Å². The van der Waals surface area contributed by atoms with Crippen molar-refractivity contribution in [2.75, 3.05) is 46.3 Å². The van der Waals surface area contributed by atoms with Crippen LogP contribution in [-0.4, -0.2) is 78.8 Å². The van der Waals surface area contributed by atoms with Crippen molar-refractivity contribution in [3.8, 4) is 0 Å². The molecule has 1 aromatic rings. The number of carbonyl (C=O) groups excluding carboxylic acids is 2. The first-order valence-electron chi connectivity index (χ1n) is 9.82. The summed E-state index contributed by atoms with van der Waals surface area (Å²) in [5, 5.41) is 4.06. The number of piperazine rings is 1. The van der Waals surface area contributed by atoms with E-state index in [1.807, 2.05) is 12.1 Å². The van der Waals surface area contributed by atoms with E-state index in [1.165, 1.54) is 10.5 Å². The summed E-state index contributed by atoms with van der Waals surface area (Å²) in [4.78, 5) is 34.1. The van der Waals surface area contributed by atoms with Gasteiger partial charge in [-0.25, -0.2) is 0 Å². The zero-order valence-corrected chi connectivity index (χ0v) is 17.1. The van der Waals surface area contributed by atoms with Crippen molar-refractivity contribution in [2.45, 2.75) is 25.8 Å². The van der Waals surface area contributed by atoms with Gasteiger partial charge in [-0.2, -0.15) is 0 Å². The van der Waals surface area contributed by atoms with Gasteiger partial charge in [-0.05, 0) is 24.1 Å². The van der Waals surface area contributed by atoms with E-state index < -0.39 is 0 Å². The molecule has 0 spiro atoms. The number of carbonyl (C=O) groups is 2. The SMILES string of the molecule is CN=C(NCCN1C(=O)CCCC1=O)N1CCN(Cc2ccc(Cl)cc2)CC1. The Bertz CT molecular complexity index is 698. The maximum absolute atomic E-state index is 11.9. The summed E-state index contributed by atoms with van der Waals surface area (Å²) in [5.74, 6) is 0.691. The first kappa shape index (κ1) is 20.6. The number of likely N-dealkylation sites (tertiary alicyclic amines) is 1. The fourth-order valence-corrected chi connectivity index (χ4v) is 3.75. The zero-order valence-electron chi connectivity index (χ0n) is 16.4.